The van der Waals surface area contributed by atoms with Gasteiger partial charge in [0.2, 0.25) is 0 Å². The lowest BCUT2D eigenvalue weighted by atomic mass is 9.97. The number of hydrogen-bond donors (Lipinski definition) is 1. The molecule has 0 aliphatic carbocycles. The first-order valence-electron chi connectivity index (χ1n) is 15.0. The molecule has 0 bridgehead atoms. The molecule has 46 heavy (non-hydrogen) atoms. The van der Waals surface area contributed by atoms with Crippen LogP contribution in [0.3, 0.4) is 0 Å². The maximum atomic E-state index is 13.5. The highest BCUT2D eigenvalue weighted by molar-refractivity contribution is 7.99. The number of hydrogen-bond acceptors (Lipinski definition) is 9. The lowest BCUT2D eigenvalue weighted by molar-refractivity contribution is -0.216. The largest absolute Gasteiger partial charge is 0.457 e. The summed E-state index contributed by atoms with van der Waals surface area (Å²) in [7, 11) is 0. The third kappa shape index (κ3) is 7.38. The van der Waals surface area contributed by atoms with Crippen LogP contribution in [-0.2, 0) is 37.0 Å². The molecule has 6 rings (SSSR count). The van der Waals surface area contributed by atoms with Gasteiger partial charge < -0.3 is 18.9 Å². The second-order valence-electron chi connectivity index (χ2n) is 11.0. The lowest BCUT2D eigenvalue weighted by Crippen LogP contribution is -2.67. The van der Waals surface area contributed by atoms with Gasteiger partial charge in [0, 0.05) is 11.8 Å². The van der Waals surface area contributed by atoms with Crippen molar-refractivity contribution in [2.45, 2.75) is 54.8 Å². The quantitative estimate of drug-likeness (QED) is 0.161. The van der Waals surface area contributed by atoms with E-state index >= 15 is 0 Å². The van der Waals surface area contributed by atoms with Crippen molar-refractivity contribution in [2.75, 3.05) is 6.61 Å². The van der Waals surface area contributed by atoms with Gasteiger partial charge in [-0.05, 0) is 35.4 Å². The highest BCUT2D eigenvalue weighted by Gasteiger charge is 2.51. The molecule has 0 radical (unpaired) electrons. The molecule has 0 saturated carbocycles. The van der Waals surface area contributed by atoms with E-state index in [4.69, 9.17) is 18.9 Å². The van der Waals surface area contributed by atoms with E-state index in [0.717, 1.165) is 21.0 Å². The number of esters is 1. The van der Waals surface area contributed by atoms with Crippen molar-refractivity contribution in [1.29, 1.82) is 0 Å². The molecule has 9 nitrogen and oxygen atoms in total. The Hall–Kier alpha value is -4.32. The predicted molar refractivity (Wildman–Crippen MR) is 171 cm³/mol. The number of carbonyl (C=O) groups excluding carboxylic acids is 3. The molecule has 2 aliphatic rings. The zero-order chi connectivity index (χ0) is 31.9. The van der Waals surface area contributed by atoms with Crippen LogP contribution in [0.25, 0.3) is 0 Å². The summed E-state index contributed by atoms with van der Waals surface area (Å²) < 4.78 is 25.3. The SMILES string of the molecule is CC(=O)O[C@H]1[C@H](OCc2ccccc2)[C@@H](NN2C(=O)c3ccccc3C2=O)[C@H](Sc2ccccc2)O[C@@H]1COCc1ccccc1. The van der Waals surface area contributed by atoms with Crippen molar-refractivity contribution in [3.8, 4) is 0 Å². The zero-order valence-electron chi connectivity index (χ0n) is 25.2. The normalized spacial score (nSPS) is 22.5. The average Bonchev–Trinajstić information content (AvgIpc) is 3.32. The number of amides is 2. The first kappa shape index (κ1) is 31.7. The molecule has 1 fully saturated rings. The first-order chi connectivity index (χ1) is 22.5. The van der Waals surface area contributed by atoms with E-state index in [9.17, 15) is 14.4 Å². The van der Waals surface area contributed by atoms with Gasteiger partial charge in [-0.1, -0.05) is 103 Å². The van der Waals surface area contributed by atoms with E-state index in [1.807, 2.05) is 91.0 Å². The van der Waals surface area contributed by atoms with Crippen molar-refractivity contribution < 1.29 is 33.3 Å². The Kier molecular flexibility index (Phi) is 10.2. The second kappa shape index (κ2) is 14.8. The molecule has 5 atom stereocenters. The minimum Gasteiger partial charge on any atom is -0.457 e. The number of rotatable bonds is 12. The molecule has 236 valence electrons. The molecule has 0 aromatic heterocycles. The van der Waals surface area contributed by atoms with E-state index in [2.05, 4.69) is 5.43 Å². The Morgan fingerprint density at radius 3 is 1.89 bits per heavy atom. The fourth-order valence-corrected chi connectivity index (χ4v) is 6.67. The molecule has 1 N–H and O–H groups in total. The van der Waals surface area contributed by atoms with Crippen LogP contribution in [0, 0.1) is 0 Å². The molecule has 2 aliphatic heterocycles. The van der Waals surface area contributed by atoms with Crippen LogP contribution in [0.5, 0.6) is 0 Å². The summed E-state index contributed by atoms with van der Waals surface area (Å²) >= 11 is 1.41. The predicted octanol–water partition coefficient (Wildman–Crippen LogP) is 5.41. The Bertz CT molecular complexity index is 1610. The molecule has 2 amide bonds. The summed E-state index contributed by atoms with van der Waals surface area (Å²) in [5.41, 5.74) is 4.96. The van der Waals surface area contributed by atoms with E-state index < -0.39 is 47.6 Å². The fraction of sp³-hybridized carbons (Fsp3) is 0.250. The first-order valence-corrected chi connectivity index (χ1v) is 15.9. The second-order valence-corrected chi connectivity index (χ2v) is 12.1. The third-order valence-corrected chi connectivity index (χ3v) is 8.88. The zero-order valence-corrected chi connectivity index (χ0v) is 26.0. The van der Waals surface area contributed by atoms with Gasteiger partial charge in [0.1, 0.15) is 17.6 Å². The van der Waals surface area contributed by atoms with E-state index in [0.29, 0.717) is 17.7 Å². The summed E-state index contributed by atoms with van der Waals surface area (Å²) in [6.45, 7) is 1.94. The van der Waals surface area contributed by atoms with Gasteiger partial charge in [-0.25, -0.2) is 10.4 Å². The lowest BCUT2D eigenvalue weighted by Gasteiger charge is -2.46. The highest BCUT2D eigenvalue weighted by atomic mass is 32.2. The average molecular weight is 639 g/mol. The number of hydrazine groups is 1. The molecular formula is C36H34N2O7S. The van der Waals surface area contributed by atoms with Gasteiger partial charge >= 0.3 is 5.97 Å². The van der Waals surface area contributed by atoms with Crippen molar-refractivity contribution in [2.24, 2.45) is 0 Å². The molecule has 4 aromatic carbocycles. The Balaban J connectivity index is 1.34. The van der Waals surface area contributed by atoms with Crippen LogP contribution in [0.1, 0.15) is 38.8 Å². The summed E-state index contributed by atoms with van der Waals surface area (Å²) in [4.78, 5) is 40.4. The maximum absolute atomic E-state index is 13.5. The summed E-state index contributed by atoms with van der Waals surface area (Å²) in [5, 5.41) is 1.01. The monoisotopic (exact) mass is 638 g/mol. The number of fused-ring (bicyclic) bond motifs is 1. The Morgan fingerprint density at radius 2 is 1.30 bits per heavy atom. The number of imide groups is 1. The van der Waals surface area contributed by atoms with Gasteiger partial charge in [-0.15, -0.1) is 0 Å². The molecule has 0 unspecified atom stereocenters. The maximum Gasteiger partial charge on any atom is 0.303 e. The number of nitrogens with zero attached hydrogens (tertiary/aromatic N) is 1. The minimum absolute atomic E-state index is 0.101. The topological polar surface area (TPSA) is 103 Å². The van der Waals surface area contributed by atoms with Crippen molar-refractivity contribution >= 4 is 29.5 Å². The van der Waals surface area contributed by atoms with Crippen LogP contribution < -0.4 is 5.43 Å². The van der Waals surface area contributed by atoms with Crippen LogP contribution in [0.15, 0.2) is 120 Å². The fourth-order valence-electron chi connectivity index (χ4n) is 5.53. The highest BCUT2D eigenvalue weighted by Crippen LogP contribution is 2.37. The number of carbonyl (C=O) groups is 3. The molecular weight excluding hydrogens is 604 g/mol. The van der Waals surface area contributed by atoms with Crippen molar-refractivity contribution in [3.63, 3.8) is 0 Å². The number of nitrogens with one attached hydrogen (secondary N) is 1. The van der Waals surface area contributed by atoms with Crippen LogP contribution in [0.2, 0.25) is 0 Å². The van der Waals surface area contributed by atoms with Gasteiger partial charge in [0.05, 0.1) is 37.0 Å². The van der Waals surface area contributed by atoms with Crippen molar-refractivity contribution in [1.82, 2.24) is 10.4 Å². The molecule has 1 saturated heterocycles. The molecule has 10 heteroatoms. The van der Waals surface area contributed by atoms with E-state index in [1.165, 1.54) is 18.7 Å². The number of benzene rings is 4. The number of thioether (sulfide) groups is 1. The van der Waals surface area contributed by atoms with E-state index in [1.54, 1.807) is 24.3 Å². The van der Waals surface area contributed by atoms with Crippen LogP contribution >= 0.6 is 11.8 Å². The van der Waals surface area contributed by atoms with Gasteiger partial charge in [-0.2, -0.15) is 0 Å². The smallest absolute Gasteiger partial charge is 0.303 e. The summed E-state index contributed by atoms with van der Waals surface area (Å²) in [6, 6.07) is 34.9. The number of ether oxygens (including phenoxy) is 4. The summed E-state index contributed by atoms with van der Waals surface area (Å²) in [5.74, 6) is -1.49. The van der Waals surface area contributed by atoms with E-state index in [-0.39, 0.29) is 13.2 Å². The minimum atomic E-state index is -0.933. The third-order valence-electron chi connectivity index (χ3n) is 7.69. The van der Waals surface area contributed by atoms with Gasteiger partial charge in [0.25, 0.3) is 11.8 Å². The Morgan fingerprint density at radius 1 is 0.761 bits per heavy atom. The van der Waals surface area contributed by atoms with Crippen LogP contribution in [0.4, 0.5) is 0 Å². The standard InChI is InChI=1S/C36H34N2O7S/c1-24(39)44-32-30(23-42-21-25-13-5-2-6-14-25)45-36(46-27-17-9-4-10-18-27)31(33(32)43-22-26-15-7-3-8-16-26)37-38-34(40)28-19-11-12-20-29(28)35(38)41/h2-20,30-33,36-37H,21-23H2,1H3/t30-,31-,32-,33-,36+/m1/s1. The van der Waals surface area contributed by atoms with Gasteiger partial charge in [-0.3, -0.25) is 14.4 Å². The molecule has 4 aromatic rings. The summed E-state index contributed by atoms with van der Waals surface area (Å²) in [6.07, 6.45) is -2.51. The van der Waals surface area contributed by atoms with Gasteiger partial charge in [0.15, 0.2) is 6.10 Å². The molecule has 0 spiro atoms. The Labute approximate surface area is 271 Å². The molecule has 2 heterocycles. The van der Waals surface area contributed by atoms with Crippen LogP contribution in [-0.4, -0.2) is 59.2 Å². The van der Waals surface area contributed by atoms with Crippen molar-refractivity contribution in [3.05, 3.63) is 138 Å².